The van der Waals surface area contributed by atoms with Crippen LogP contribution in [0.4, 0.5) is 5.69 Å². The van der Waals surface area contributed by atoms with E-state index in [2.05, 4.69) is 5.32 Å². The molecule has 6 nitrogen and oxygen atoms in total. The molecule has 1 heterocycles. The van der Waals surface area contributed by atoms with E-state index in [9.17, 15) is 9.59 Å². The molecule has 1 aromatic heterocycles. The van der Waals surface area contributed by atoms with Gasteiger partial charge in [0.25, 0.3) is 5.91 Å². The fourth-order valence-corrected chi connectivity index (χ4v) is 3.45. The number of ether oxygens (including phenoxy) is 2. The maximum atomic E-state index is 13.3. The molecule has 6 heteroatoms. The van der Waals surface area contributed by atoms with E-state index in [1.54, 1.807) is 36.4 Å². The van der Waals surface area contributed by atoms with Crippen LogP contribution in [0.3, 0.4) is 0 Å². The van der Waals surface area contributed by atoms with Crippen molar-refractivity contribution in [2.75, 3.05) is 18.5 Å². The lowest BCUT2D eigenvalue weighted by molar-refractivity contribution is -0.118. The number of carbonyl (C=O) groups excluding carboxylic acids is 1. The zero-order valence-electron chi connectivity index (χ0n) is 18.8. The number of hydrogen-bond donors (Lipinski definition) is 1. The smallest absolute Gasteiger partial charge is 0.262 e. The molecule has 1 N–H and O–H groups in total. The number of fused-ring (bicyclic) bond motifs is 1. The molecule has 0 atom stereocenters. The molecule has 0 saturated heterocycles. The Kier molecular flexibility index (Phi) is 6.45. The summed E-state index contributed by atoms with van der Waals surface area (Å²) in [5, 5.41) is 3.17. The second-order valence-electron chi connectivity index (χ2n) is 7.75. The van der Waals surface area contributed by atoms with Gasteiger partial charge in [-0.1, -0.05) is 41.5 Å². The van der Waals surface area contributed by atoms with Gasteiger partial charge in [0.05, 0.1) is 12.0 Å². The highest BCUT2D eigenvalue weighted by Crippen LogP contribution is 2.31. The molecule has 0 fully saturated rings. The predicted octanol–water partition coefficient (Wildman–Crippen LogP) is 5.49. The third kappa shape index (κ3) is 5.06. The summed E-state index contributed by atoms with van der Waals surface area (Å²) >= 11 is 0. The van der Waals surface area contributed by atoms with Crippen molar-refractivity contribution in [1.29, 1.82) is 0 Å². The Morgan fingerprint density at radius 2 is 1.61 bits per heavy atom. The Bertz CT molecular complexity index is 1340. The Balaban J connectivity index is 1.62. The van der Waals surface area contributed by atoms with Crippen molar-refractivity contribution in [2.24, 2.45) is 0 Å². The van der Waals surface area contributed by atoms with Crippen LogP contribution in [0.25, 0.3) is 22.3 Å². The first kappa shape index (κ1) is 22.1. The van der Waals surface area contributed by atoms with Crippen LogP contribution < -0.4 is 20.2 Å². The molecule has 3 aromatic carbocycles. The maximum absolute atomic E-state index is 13.3. The van der Waals surface area contributed by atoms with Gasteiger partial charge in [0.15, 0.2) is 12.4 Å². The minimum atomic E-state index is -0.391. The number of rotatable bonds is 7. The maximum Gasteiger partial charge on any atom is 0.262 e. The molecule has 0 bridgehead atoms. The largest absolute Gasteiger partial charge is 0.494 e. The summed E-state index contributed by atoms with van der Waals surface area (Å²) < 4.78 is 17.2. The Morgan fingerprint density at radius 1 is 0.909 bits per heavy atom. The zero-order chi connectivity index (χ0) is 23.4. The van der Waals surface area contributed by atoms with Crippen LogP contribution in [0.2, 0.25) is 0 Å². The van der Waals surface area contributed by atoms with E-state index in [0.717, 1.165) is 16.9 Å². The number of aryl methyl sites for hydroxylation is 2. The van der Waals surface area contributed by atoms with Gasteiger partial charge < -0.3 is 19.2 Å². The van der Waals surface area contributed by atoms with Gasteiger partial charge in [-0.25, -0.2) is 0 Å². The van der Waals surface area contributed by atoms with Crippen LogP contribution in [-0.2, 0) is 4.79 Å². The summed E-state index contributed by atoms with van der Waals surface area (Å²) in [6, 6.07) is 20.0. The van der Waals surface area contributed by atoms with E-state index < -0.39 is 5.91 Å². The average Bonchev–Trinajstić information content (AvgIpc) is 2.81. The number of amides is 1. The molecule has 4 rings (SSSR count). The number of hydrogen-bond acceptors (Lipinski definition) is 5. The normalized spacial score (nSPS) is 10.8. The van der Waals surface area contributed by atoms with Crippen molar-refractivity contribution in [3.05, 3.63) is 88.1 Å². The summed E-state index contributed by atoms with van der Waals surface area (Å²) in [5.41, 5.74) is 3.46. The fraction of sp³-hybridized carbons (Fsp3) is 0.185. The van der Waals surface area contributed by atoms with Gasteiger partial charge in [-0.3, -0.25) is 9.59 Å². The third-order valence-corrected chi connectivity index (χ3v) is 5.11. The third-order valence-electron chi connectivity index (χ3n) is 5.11. The molecular weight excluding hydrogens is 418 g/mol. The highest BCUT2D eigenvalue weighted by molar-refractivity contribution is 5.92. The van der Waals surface area contributed by atoms with Crippen molar-refractivity contribution in [1.82, 2.24) is 0 Å². The van der Waals surface area contributed by atoms with Crippen molar-refractivity contribution in [2.45, 2.75) is 20.8 Å². The van der Waals surface area contributed by atoms with Crippen molar-refractivity contribution >= 4 is 22.6 Å². The minimum absolute atomic E-state index is 0.0128. The lowest BCUT2D eigenvalue weighted by atomic mass is 10.1. The van der Waals surface area contributed by atoms with Gasteiger partial charge in [-0.05, 0) is 57.2 Å². The number of carbonyl (C=O) groups is 1. The van der Waals surface area contributed by atoms with Crippen LogP contribution in [0.15, 0.2) is 75.9 Å². The topological polar surface area (TPSA) is 77.8 Å². The van der Waals surface area contributed by atoms with E-state index >= 15 is 0 Å². The number of anilines is 1. The molecule has 0 unspecified atom stereocenters. The minimum Gasteiger partial charge on any atom is -0.494 e. The lowest BCUT2D eigenvalue weighted by Gasteiger charge is -2.12. The van der Waals surface area contributed by atoms with E-state index in [1.165, 1.54) is 0 Å². The number of benzene rings is 3. The summed E-state index contributed by atoms with van der Waals surface area (Å²) in [4.78, 5) is 25.8. The Hall–Kier alpha value is -4.06. The van der Waals surface area contributed by atoms with E-state index in [-0.39, 0.29) is 17.8 Å². The summed E-state index contributed by atoms with van der Waals surface area (Å²) in [7, 11) is 0. The van der Waals surface area contributed by atoms with Crippen LogP contribution in [0.5, 0.6) is 11.5 Å². The van der Waals surface area contributed by atoms with E-state index in [0.29, 0.717) is 34.6 Å². The van der Waals surface area contributed by atoms with Crippen LogP contribution in [-0.4, -0.2) is 19.1 Å². The van der Waals surface area contributed by atoms with Crippen LogP contribution in [0, 0.1) is 13.8 Å². The first-order valence-corrected chi connectivity index (χ1v) is 10.7. The number of nitrogens with one attached hydrogen (secondary N) is 1. The van der Waals surface area contributed by atoms with Crippen molar-refractivity contribution < 1.29 is 18.7 Å². The van der Waals surface area contributed by atoms with Crippen molar-refractivity contribution in [3.8, 4) is 22.8 Å². The molecule has 0 aliphatic carbocycles. The van der Waals surface area contributed by atoms with Gasteiger partial charge >= 0.3 is 0 Å². The molecule has 33 heavy (non-hydrogen) atoms. The highest BCUT2D eigenvalue weighted by Gasteiger charge is 2.19. The fourth-order valence-electron chi connectivity index (χ4n) is 3.45. The molecule has 0 radical (unpaired) electrons. The molecule has 4 aromatic rings. The zero-order valence-corrected chi connectivity index (χ0v) is 18.8. The molecule has 0 spiro atoms. The first-order chi connectivity index (χ1) is 15.9. The molecule has 0 aliphatic rings. The monoisotopic (exact) mass is 443 g/mol. The first-order valence-electron chi connectivity index (χ1n) is 10.7. The van der Waals surface area contributed by atoms with E-state index in [4.69, 9.17) is 13.9 Å². The van der Waals surface area contributed by atoms with Gasteiger partial charge in [0.2, 0.25) is 11.2 Å². The van der Waals surface area contributed by atoms with Crippen LogP contribution >= 0.6 is 0 Å². The molecule has 168 valence electrons. The SMILES string of the molecule is CCOc1ccc(NC(=O)COc2c(-c3ccc(C)cc3)oc3ccc(C)cc3c2=O)cc1. The van der Waals surface area contributed by atoms with Gasteiger partial charge in [0.1, 0.15) is 11.3 Å². The van der Waals surface area contributed by atoms with Crippen molar-refractivity contribution in [3.63, 3.8) is 0 Å². The molecular formula is C27H25NO5. The second kappa shape index (κ2) is 9.61. The van der Waals surface area contributed by atoms with Gasteiger partial charge in [-0.15, -0.1) is 0 Å². The molecule has 0 aliphatic heterocycles. The molecule has 1 amide bonds. The average molecular weight is 443 g/mol. The summed E-state index contributed by atoms with van der Waals surface area (Å²) in [5.74, 6) is 0.639. The second-order valence-corrected chi connectivity index (χ2v) is 7.75. The Labute approximate surface area is 191 Å². The standard InChI is InChI=1S/C27H25NO5/c1-4-31-21-12-10-20(11-13-21)28-24(29)16-32-27-25(30)22-15-18(3)7-14-23(22)33-26(27)19-8-5-17(2)6-9-19/h5-15H,4,16H2,1-3H3,(H,28,29). The van der Waals surface area contributed by atoms with Gasteiger partial charge in [-0.2, -0.15) is 0 Å². The quantitative estimate of drug-likeness (QED) is 0.408. The van der Waals surface area contributed by atoms with Gasteiger partial charge in [0, 0.05) is 11.3 Å². The van der Waals surface area contributed by atoms with E-state index in [1.807, 2.05) is 51.1 Å². The lowest BCUT2D eigenvalue weighted by Crippen LogP contribution is -2.22. The highest BCUT2D eigenvalue weighted by atomic mass is 16.5. The molecule has 0 saturated carbocycles. The summed E-state index contributed by atoms with van der Waals surface area (Å²) in [6.07, 6.45) is 0. The van der Waals surface area contributed by atoms with Crippen LogP contribution in [0.1, 0.15) is 18.1 Å². The predicted molar refractivity (Wildman–Crippen MR) is 129 cm³/mol. The summed E-state index contributed by atoms with van der Waals surface area (Å²) in [6.45, 7) is 6.01. The Morgan fingerprint density at radius 3 is 2.30 bits per heavy atom.